The highest BCUT2D eigenvalue weighted by atomic mass is 14.7. The van der Waals surface area contributed by atoms with Gasteiger partial charge in [0, 0.05) is 12.0 Å². The zero-order chi connectivity index (χ0) is 10.1. The Labute approximate surface area is 86.3 Å². The van der Waals surface area contributed by atoms with Crippen molar-refractivity contribution in [1.29, 1.82) is 0 Å². The zero-order valence-corrected chi connectivity index (χ0v) is 9.03. The summed E-state index contributed by atoms with van der Waals surface area (Å²) in [5, 5.41) is 0. The molecule has 2 rings (SSSR count). The second-order valence-corrected chi connectivity index (χ2v) is 4.80. The van der Waals surface area contributed by atoms with Gasteiger partial charge in [0.05, 0.1) is 0 Å². The molecule has 0 saturated heterocycles. The quantitative estimate of drug-likeness (QED) is 0.777. The molecule has 2 atom stereocenters. The van der Waals surface area contributed by atoms with Crippen LogP contribution in [0.15, 0.2) is 24.3 Å². The topological polar surface area (TPSA) is 26.0 Å². The highest BCUT2D eigenvalue weighted by molar-refractivity contribution is 5.41. The predicted molar refractivity (Wildman–Crippen MR) is 60.3 cm³/mol. The van der Waals surface area contributed by atoms with Gasteiger partial charge in [-0.15, -0.1) is 0 Å². The van der Waals surface area contributed by atoms with Gasteiger partial charge in [-0.05, 0) is 29.9 Å². The summed E-state index contributed by atoms with van der Waals surface area (Å²) >= 11 is 0. The third kappa shape index (κ3) is 1.69. The Bertz CT molecular complexity index is 317. The van der Waals surface area contributed by atoms with Crippen molar-refractivity contribution in [3.8, 4) is 0 Å². The second kappa shape index (κ2) is 3.74. The molecule has 0 radical (unpaired) electrons. The third-order valence-corrected chi connectivity index (χ3v) is 3.15. The summed E-state index contributed by atoms with van der Waals surface area (Å²) in [5.74, 6) is 1.33. The lowest BCUT2D eigenvalue weighted by molar-refractivity contribution is 0.406. The van der Waals surface area contributed by atoms with Crippen LogP contribution in [-0.2, 0) is 6.42 Å². The second-order valence-electron chi connectivity index (χ2n) is 4.80. The molecule has 0 saturated carbocycles. The maximum Gasteiger partial charge on any atom is 0.0114 e. The van der Waals surface area contributed by atoms with Gasteiger partial charge in [0.2, 0.25) is 0 Å². The van der Waals surface area contributed by atoms with E-state index in [-0.39, 0.29) is 0 Å². The van der Waals surface area contributed by atoms with Crippen molar-refractivity contribution in [3.63, 3.8) is 0 Å². The summed E-state index contributed by atoms with van der Waals surface area (Å²) < 4.78 is 0. The van der Waals surface area contributed by atoms with Crippen molar-refractivity contribution in [3.05, 3.63) is 35.4 Å². The zero-order valence-electron chi connectivity index (χ0n) is 9.03. The molecule has 0 heterocycles. The van der Waals surface area contributed by atoms with E-state index in [4.69, 9.17) is 5.73 Å². The molecule has 76 valence electrons. The lowest BCUT2D eigenvalue weighted by atomic mass is 9.72. The van der Waals surface area contributed by atoms with E-state index in [1.807, 2.05) is 0 Å². The first-order valence-electron chi connectivity index (χ1n) is 5.52. The van der Waals surface area contributed by atoms with Crippen molar-refractivity contribution in [2.75, 3.05) is 0 Å². The first kappa shape index (κ1) is 9.72. The van der Waals surface area contributed by atoms with Gasteiger partial charge in [-0.2, -0.15) is 0 Å². The molecule has 0 spiro atoms. The predicted octanol–water partition coefficient (Wildman–Crippen LogP) is 2.70. The van der Waals surface area contributed by atoms with E-state index in [9.17, 15) is 0 Å². The maximum absolute atomic E-state index is 6.19. The number of hydrogen-bond donors (Lipinski definition) is 1. The van der Waals surface area contributed by atoms with Crippen LogP contribution in [0.3, 0.4) is 0 Å². The number of nitrogens with two attached hydrogens (primary N) is 1. The molecule has 1 aliphatic carbocycles. The van der Waals surface area contributed by atoms with E-state index >= 15 is 0 Å². The molecule has 0 aliphatic heterocycles. The van der Waals surface area contributed by atoms with Crippen LogP contribution in [0, 0.1) is 5.92 Å². The van der Waals surface area contributed by atoms with Crippen molar-refractivity contribution in [2.24, 2.45) is 11.7 Å². The van der Waals surface area contributed by atoms with Gasteiger partial charge >= 0.3 is 0 Å². The molecule has 1 aromatic carbocycles. The molecule has 0 amide bonds. The van der Waals surface area contributed by atoms with E-state index in [1.165, 1.54) is 17.5 Å². The van der Waals surface area contributed by atoms with Crippen LogP contribution in [0.1, 0.15) is 37.3 Å². The van der Waals surface area contributed by atoms with Gasteiger partial charge in [0.25, 0.3) is 0 Å². The van der Waals surface area contributed by atoms with Crippen LogP contribution in [0.5, 0.6) is 0 Å². The highest BCUT2D eigenvalue weighted by Gasteiger charge is 2.30. The van der Waals surface area contributed by atoms with Crippen molar-refractivity contribution in [1.82, 2.24) is 0 Å². The Kier molecular flexibility index (Phi) is 2.60. The summed E-state index contributed by atoms with van der Waals surface area (Å²) in [4.78, 5) is 0. The van der Waals surface area contributed by atoms with E-state index in [0.717, 1.165) is 6.42 Å². The van der Waals surface area contributed by atoms with Crippen LogP contribution >= 0.6 is 0 Å². The lowest BCUT2D eigenvalue weighted by Crippen LogP contribution is -2.36. The van der Waals surface area contributed by atoms with Crippen LogP contribution in [0.25, 0.3) is 0 Å². The van der Waals surface area contributed by atoms with Crippen molar-refractivity contribution < 1.29 is 0 Å². The van der Waals surface area contributed by atoms with Gasteiger partial charge < -0.3 is 5.73 Å². The SMILES string of the molecule is CC(C)CC(N)C1Cc2ccccc21. The molecule has 1 heteroatoms. The molecule has 0 fully saturated rings. The minimum Gasteiger partial charge on any atom is -0.327 e. The Morgan fingerprint density at radius 2 is 2.07 bits per heavy atom. The smallest absolute Gasteiger partial charge is 0.0114 e. The van der Waals surface area contributed by atoms with Crippen LogP contribution < -0.4 is 5.73 Å². The number of benzene rings is 1. The largest absolute Gasteiger partial charge is 0.327 e. The molecule has 2 unspecified atom stereocenters. The Morgan fingerprint density at radius 3 is 2.71 bits per heavy atom. The fourth-order valence-electron chi connectivity index (χ4n) is 2.39. The summed E-state index contributed by atoms with van der Waals surface area (Å²) in [5.41, 5.74) is 9.18. The monoisotopic (exact) mass is 189 g/mol. The molecular formula is C13H19N. The number of fused-ring (bicyclic) bond motifs is 1. The maximum atomic E-state index is 6.19. The van der Waals surface area contributed by atoms with Crippen molar-refractivity contribution >= 4 is 0 Å². The fraction of sp³-hybridized carbons (Fsp3) is 0.538. The van der Waals surface area contributed by atoms with Gasteiger partial charge in [-0.1, -0.05) is 38.1 Å². The van der Waals surface area contributed by atoms with Gasteiger partial charge in [0.1, 0.15) is 0 Å². The van der Waals surface area contributed by atoms with E-state index < -0.39 is 0 Å². The number of hydrogen-bond acceptors (Lipinski definition) is 1. The minimum atomic E-state index is 0.352. The van der Waals surface area contributed by atoms with Gasteiger partial charge in [-0.3, -0.25) is 0 Å². The van der Waals surface area contributed by atoms with Crippen LogP contribution in [0.2, 0.25) is 0 Å². The molecule has 2 N–H and O–H groups in total. The van der Waals surface area contributed by atoms with E-state index in [2.05, 4.69) is 38.1 Å². The molecule has 0 aromatic heterocycles. The van der Waals surface area contributed by atoms with Crippen LogP contribution in [0.4, 0.5) is 0 Å². The minimum absolute atomic E-state index is 0.352. The fourth-order valence-corrected chi connectivity index (χ4v) is 2.39. The third-order valence-electron chi connectivity index (χ3n) is 3.15. The van der Waals surface area contributed by atoms with Crippen LogP contribution in [-0.4, -0.2) is 6.04 Å². The average Bonchev–Trinajstić information content (AvgIpc) is 2.05. The number of rotatable bonds is 3. The normalized spacial score (nSPS) is 21.6. The molecule has 1 aromatic rings. The first-order valence-corrected chi connectivity index (χ1v) is 5.52. The Balaban J connectivity index is 2.04. The van der Waals surface area contributed by atoms with Crippen molar-refractivity contribution in [2.45, 2.75) is 38.6 Å². The lowest BCUT2D eigenvalue weighted by Gasteiger charge is -2.35. The van der Waals surface area contributed by atoms with E-state index in [0.29, 0.717) is 17.9 Å². The Morgan fingerprint density at radius 1 is 1.36 bits per heavy atom. The Hall–Kier alpha value is -0.820. The molecule has 1 nitrogen and oxygen atoms in total. The molecular weight excluding hydrogens is 170 g/mol. The first-order chi connectivity index (χ1) is 6.68. The molecule has 0 bridgehead atoms. The summed E-state index contributed by atoms with van der Waals surface area (Å²) in [7, 11) is 0. The standard InChI is InChI=1S/C13H19N/c1-9(2)7-13(14)12-8-10-5-3-4-6-11(10)12/h3-6,9,12-13H,7-8,14H2,1-2H3. The summed E-state index contributed by atoms with van der Waals surface area (Å²) in [6, 6.07) is 9.03. The summed E-state index contributed by atoms with van der Waals surface area (Å²) in [6.45, 7) is 4.48. The average molecular weight is 189 g/mol. The summed E-state index contributed by atoms with van der Waals surface area (Å²) in [6.07, 6.45) is 2.32. The molecule has 1 aliphatic rings. The van der Waals surface area contributed by atoms with Gasteiger partial charge in [-0.25, -0.2) is 0 Å². The van der Waals surface area contributed by atoms with E-state index in [1.54, 1.807) is 0 Å². The van der Waals surface area contributed by atoms with Gasteiger partial charge in [0.15, 0.2) is 0 Å². The highest BCUT2D eigenvalue weighted by Crippen LogP contribution is 2.37. The molecule has 14 heavy (non-hydrogen) atoms.